The maximum Gasteiger partial charge on any atom is 0.0791 e. The smallest absolute Gasteiger partial charge is 0.0791 e. The minimum atomic E-state index is 1.02. The van der Waals surface area contributed by atoms with Gasteiger partial charge < -0.3 is 5.11 Å². The van der Waals surface area contributed by atoms with Gasteiger partial charge in [0.2, 0.25) is 0 Å². The lowest BCUT2D eigenvalue weighted by Crippen LogP contribution is -1.72. The summed E-state index contributed by atoms with van der Waals surface area (Å²) in [4.78, 5) is 0. The standard InChI is InChI=1S/C11H12O/c1-10-5-7-11(8-6-10)4-2-3-9-12/h2-9,12H,1H3. The number of hydrogen-bond acceptors (Lipinski definition) is 1. The van der Waals surface area contributed by atoms with Gasteiger partial charge in [-0.25, -0.2) is 0 Å². The number of aryl methyl sites for hydroxylation is 1. The molecule has 0 atom stereocenters. The molecule has 0 amide bonds. The third-order valence-corrected chi connectivity index (χ3v) is 1.56. The molecule has 0 spiro atoms. The van der Waals surface area contributed by atoms with Crippen molar-refractivity contribution in [3.63, 3.8) is 0 Å². The Balaban J connectivity index is 2.70. The maximum absolute atomic E-state index is 8.36. The van der Waals surface area contributed by atoms with Crippen LogP contribution in [0.5, 0.6) is 0 Å². The van der Waals surface area contributed by atoms with Gasteiger partial charge in [0.1, 0.15) is 0 Å². The van der Waals surface area contributed by atoms with Crippen LogP contribution in [-0.2, 0) is 0 Å². The van der Waals surface area contributed by atoms with E-state index >= 15 is 0 Å². The Morgan fingerprint density at radius 1 is 1.08 bits per heavy atom. The summed E-state index contributed by atoms with van der Waals surface area (Å²) in [6, 6.07) is 8.19. The van der Waals surface area contributed by atoms with E-state index in [0.717, 1.165) is 11.8 Å². The zero-order valence-corrected chi connectivity index (χ0v) is 7.07. The van der Waals surface area contributed by atoms with Crippen LogP contribution in [0.1, 0.15) is 11.1 Å². The zero-order chi connectivity index (χ0) is 8.81. The molecule has 1 rings (SSSR count). The number of allylic oxidation sites excluding steroid dienone is 2. The van der Waals surface area contributed by atoms with Crippen LogP contribution in [0.2, 0.25) is 0 Å². The van der Waals surface area contributed by atoms with E-state index in [2.05, 4.69) is 19.1 Å². The van der Waals surface area contributed by atoms with E-state index in [4.69, 9.17) is 5.11 Å². The first-order valence-electron chi connectivity index (χ1n) is 3.87. The zero-order valence-electron chi connectivity index (χ0n) is 7.07. The van der Waals surface area contributed by atoms with Gasteiger partial charge in [0.05, 0.1) is 6.26 Å². The summed E-state index contributed by atoms with van der Waals surface area (Å²) < 4.78 is 0. The Labute approximate surface area is 72.7 Å². The second-order valence-corrected chi connectivity index (χ2v) is 2.61. The molecule has 0 bridgehead atoms. The van der Waals surface area contributed by atoms with Crippen molar-refractivity contribution in [2.75, 3.05) is 0 Å². The molecule has 0 fully saturated rings. The first kappa shape index (κ1) is 8.60. The molecule has 0 saturated heterocycles. The summed E-state index contributed by atoms with van der Waals surface area (Å²) in [7, 11) is 0. The Hall–Kier alpha value is -1.50. The average Bonchev–Trinajstić information content (AvgIpc) is 2.09. The van der Waals surface area contributed by atoms with Crippen LogP contribution >= 0.6 is 0 Å². The molecule has 0 aliphatic carbocycles. The summed E-state index contributed by atoms with van der Waals surface area (Å²) in [5, 5.41) is 8.36. The van der Waals surface area contributed by atoms with Crippen LogP contribution in [0.4, 0.5) is 0 Å². The van der Waals surface area contributed by atoms with Gasteiger partial charge in [-0.1, -0.05) is 42.0 Å². The lowest BCUT2D eigenvalue weighted by Gasteiger charge is -1.92. The SMILES string of the molecule is Cc1ccc(C=CC=CO)cc1. The highest BCUT2D eigenvalue weighted by Gasteiger charge is 1.83. The lowest BCUT2D eigenvalue weighted by molar-refractivity contribution is 0.474. The Morgan fingerprint density at radius 2 is 1.75 bits per heavy atom. The molecule has 1 aromatic rings. The molecule has 0 aromatic heterocycles. The van der Waals surface area contributed by atoms with Crippen LogP contribution in [0.15, 0.2) is 42.7 Å². The van der Waals surface area contributed by atoms with Crippen LogP contribution < -0.4 is 0 Å². The summed E-state index contributed by atoms with van der Waals surface area (Å²) in [6.45, 7) is 2.06. The fourth-order valence-corrected chi connectivity index (χ4v) is 0.894. The molecule has 12 heavy (non-hydrogen) atoms. The normalized spacial score (nSPS) is 11.4. The van der Waals surface area contributed by atoms with Gasteiger partial charge in [-0.2, -0.15) is 0 Å². The van der Waals surface area contributed by atoms with E-state index in [1.165, 1.54) is 5.56 Å². The van der Waals surface area contributed by atoms with E-state index in [9.17, 15) is 0 Å². The van der Waals surface area contributed by atoms with E-state index in [1.54, 1.807) is 12.2 Å². The summed E-state index contributed by atoms with van der Waals surface area (Å²) >= 11 is 0. The Kier molecular flexibility index (Phi) is 3.15. The van der Waals surface area contributed by atoms with Crippen molar-refractivity contribution >= 4 is 6.08 Å². The number of hydrogen-bond donors (Lipinski definition) is 1. The van der Waals surface area contributed by atoms with Crippen LogP contribution in [0.25, 0.3) is 6.08 Å². The van der Waals surface area contributed by atoms with Crippen molar-refractivity contribution in [2.24, 2.45) is 0 Å². The maximum atomic E-state index is 8.36. The average molecular weight is 160 g/mol. The highest BCUT2D eigenvalue weighted by atomic mass is 16.2. The van der Waals surface area contributed by atoms with Crippen molar-refractivity contribution in [1.29, 1.82) is 0 Å². The van der Waals surface area contributed by atoms with Crippen molar-refractivity contribution in [2.45, 2.75) is 6.92 Å². The number of aliphatic hydroxyl groups excluding tert-OH is 1. The van der Waals surface area contributed by atoms with Gasteiger partial charge >= 0.3 is 0 Å². The predicted octanol–water partition coefficient (Wildman–Crippen LogP) is 3.08. The largest absolute Gasteiger partial charge is 0.516 e. The number of rotatable bonds is 2. The highest BCUT2D eigenvalue weighted by Crippen LogP contribution is 2.04. The van der Waals surface area contributed by atoms with E-state index in [0.29, 0.717) is 0 Å². The van der Waals surface area contributed by atoms with Crippen LogP contribution in [-0.4, -0.2) is 5.11 Å². The number of benzene rings is 1. The van der Waals surface area contributed by atoms with Gasteiger partial charge in [0.25, 0.3) is 0 Å². The van der Waals surface area contributed by atoms with Crippen molar-refractivity contribution in [1.82, 2.24) is 0 Å². The van der Waals surface area contributed by atoms with Crippen molar-refractivity contribution in [3.8, 4) is 0 Å². The molecule has 0 aliphatic rings. The topological polar surface area (TPSA) is 20.2 Å². The molecule has 0 saturated carbocycles. The van der Waals surface area contributed by atoms with Gasteiger partial charge in [-0.3, -0.25) is 0 Å². The minimum Gasteiger partial charge on any atom is -0.516 e. The van der Waals surface area contributed by atoms with Crippen molar-refractivity contribution < 1.29 is 5.11 Å². The summed E-state index contributed by atoms with van der Waals surface area (Å²) in [5.41, 5.74) is 2.39. The quantitative estimate of drug-likeness (QED) is 0.520. The molecule has 0 aliphatic heterocycles. The van der Waals surface area contributed by atoms with Gasteiger partial charge in [0.15, 0.2) is 0 Å². The third-order valence-electron chi connectivity index (χ3n) is 1.56. The molecule has 1 heteroatoms. The van der Waals surface area contributed by atoms with E-state index < -0.39 is 0 Å². The molecule has 0 radical (unpaired) electrons. The molecule has 1 aromatic carbocycles. The minimum absolute atomic E-state index is 1.02. The fourth-order valence-electron chi connectivity index (χ4n) is 0.894. The summed E-state index contributed by atoms with van der Waals surface area (Å²) in [5.74, 6) is 0. The highest BCUT2D eigenvalue weighted by molar-refractivity contribution is 5.51. The Morgan fingerprint density at radius 3 is 2.33 bits per heavy atom. The molecule has 0 heterocycles. The number of aliphatic hydroxyl groups is 1. The van der Waals surface area contributed by atoms with Crippen molar-refractivity contribution in [3.05, 3.63) is 53.8 Å². The summed E-state index contributed by atoms with van der Waals surface area (Å²) in [6.07, 6.45) is 6.33. The molecular formula is C11H12O. The lowest BCUT2D eigenvalue weighted by atomic mass is 10.1. The van der Waals surface area contributed by atoms with Crippen LogP contribution in [0.3, 0.4) is 0 Å². The first-order chi connectivity index (χ1) is 5.83. The van der Waals surface area contributed by atoms with Gasteiger partial charge in [-0.15, -0.1) is 0 Å². The third kappa shape index (κ3) is 2.62. The van der Waals surface area contributed by atoms with Gasteiger partial charge in [0, 0.05) is 0 Å². The molecule has 1 N–H and O–H groups in total. The molecular weight excluding hydrogens is 148 g/mol. The monoisotopic (exact) mass is 160 g/mol. The molecule has 0 unspecified atom stereocenters. The van der Waals surface area contributed by atoms with Gasteiger partial charge in [-0.05, 0) is 18.6 Å². The fraction of sp³-hybridized carbons (Fsp3) is 0.0909. The second kappa shape index (κ2) is 4.39. The van der Waals surface area contributed by atoms with E-state index in [-0.39, 0.29) is 0 Å². The predicted molar refractivity (Wildman–Crippen MR) is 52.0 cm³/mol. The second-order valence-electron chi connectivity index (χ2n) is 2.61. The Bertz CT molecular complexity index is 280. The first-order valence-corrected chi connectivity index (χ1v) is 3.87. The van der Waals surface area contributed by atoms with E-state index in [1.807, 2.05) is 18.2 Å². The molecule has 1 nitrogen and oxygen atoms in total. The molecule has 62 valence electrons. The van der Waals surface area contributed by atoms with Crippen LogP contribution in [0, 0.1) is 6.92 Å².